The molecule has 24 nitrogen and oxygen atoms in total. The summed E-state index contributed by atoms with van der Waals surface area (Å²) in [5, 5.41) is 16.9. The number of carbonyl (C=O) groups excluding carboxylic acids is 7. The minimum atomic E-state index is -2.74. The molecule has 5 rings (SSSR count). The quantitative estimate of drug-likeness (QED) is 0.0523. The summed E-state index contributed by atoms with van der Waals surface area (Å²) in [7, 11) is 0. The molecule has 0 saturated carbocycles. The number of carbonyl (C=O) groups is 7. The number of hydrogen-bond acceptors (Lipinski definition) is 22. The zero-order chi connectivity index (χ0) is 59.6. The molecule has 0 spiro atoms. The van der Waals surface area contributed by atoms with Gasteiger partial charge in [0.2, 0.25) is 9.70 Å². The summed E-state index contributed by atoms with van der Waals surface area (Å²) in [4.78, 5) is 92.4. The van der Waals surface area contributed by atoms with E-state index in [0.29, 0.717) is 11.1 Å². The Bertz CT molecular complexity index is 2410. The van der Waals surface area contributed by atoms with E-state index in [2.05, 4.69) is 17.2 Å². The highest BCUT2D eigenvalue weighted by atomic mass is 35.6. The second-order valence-electron chi connectivity index (χ2n) is 17.9. The molecule has 0 radical (unpaired) electrons. The van der Waals surface area contributed by atoms with E-state index in [1.165, 1.54) is 6.08 Å². The fourth-order valence-electron chi connectivity index (χ4n) is 8.37. The minimum absolute atomic E-state index is 0.0382. The largest absolute Gasteiger partial charge is 0.508 e. The fourth-order valence-corrected chi connectivity index (χ4v) is 8.76. The van der Waals surface area contributed by atoms with Gasteiger partial charge in [-0.3, -0.25) is 28.8 Å². The number of aliphatic hydroxyl groups is 1. The van der Waals surface area contributed by atoms with Gasteiger partial charge >= 0.3 is 30.0 Å². The Hall–Kier alpha value is -4.06. The molecule has 81 heavy (non-hydrogen) atoms. The van der Waals surface area contributed by atoms with Crippen molar-refractivity contribution in [1.82, 2.24) is 10.6 Å². The molecular weight excluding hydrogens is 1230 g/mol. The number of benzene rings is 2. The van der Waals surface area contributed by atoms with E-state index < -0.39 is 174 Å². The van der Waals surface area contributed by atoms with Crippen LogP contribution in [0.3, 0.4) is 0 Å². The van der Waals surface area contributed by atoms with E-state index >= 15 is 0 Å². The molecule has 3 fully saturated rings. The summed E-state index contributed by atoms with van der Waals surface area (Å²) in [5.41, 5.74) is 1.39. The van der Waals surface area contributed by atoms with Crippen LogP contribution in [0.2, 0.25) is 0 Å². The van der Waals surface area contributed by atoms with Crippen molar-refractivity contribution >= 4 is 123 Å². The first-order valence-electron chi connectivity index (χ1n) is 24.5. The van der Waals surface area contributed by atoms with E-state index in [1.807, 2.05) is 0 Å². The smallest absolute Gasteiger partial charge is 0.463 e. The van der Waals surface area contributed by atoms with Gasteiger partial charge in [0.1, 0.15) is 67.8 Å². The van der Waals surface area contributed by atoms with Gasteiger partial charge in [-0.15, -0.1) is 18.2 Å². The summed E-state index contributed by atoms with van der Waals surface area (Å²) in [5.74, 6) is -6.96. The summed E-state index contributed by atoms with van der Waals surface area (Å²) in [6, 6.07) is 14.2. The van der Waals surface area contributed by atoms with E-state index in [4.69, 9.17) is 148 Å². The van der Waals surface area contributed by atoms with Gasteiger partial charge < -0.3 is 82.1 Å². The maximum absolute atomic E-state index is 13.7. The van der Waals surface area contributed by atoms with Crippen molar-refractivity contribution in [2.45, 2.75) is 140 Å². The third kappa shape index (κ3) is 21.5. The second kappa shape index (κ2) is 32.3. The molecule has 31 heteroatoms. The van der Waals surface area contributed by atoms with Gasteiger partial charge in [0.05, 0.1) is 33.0 Å². The highest BCUT2D eigenvalue weighted by molar-refractivity contribution is 6.76. The van der Waals surface area contributed by atoms with Crippen LogP contribution in [0.15, 0.2) is 73.3 Å². The number of ether oxygens (including phenoxy) is 14. The standard InChI is InChI=1S/C50H59Cl7N2O22/c1-6-17-70-44-36(58-25(2)60)41(81-48(67)72-24-49(52,53)54)38(32(76-44)22-69-20-30-15-11-8-12-16-30)79-46-43(74-28(5)63)42(39(73-27(4)62)33(77-46)23-71-26(3)61)80-45-35(59-47(66)50(55,56)57)40(78-34(64)18-51)37(65)31(75-45)21-68-19-29-13-9-7-10-14-29/h6-16,31-33,35-46,65H,1,17-24H2,2-5H3,(H,58,60)(H,59,66)/t31-,32-,33-,35-,36-,37-,38-,39+,40-,41-,42+,43-,44-,45+,46+/m1/s1. The molecule has 15 atom stereocenters. The first kappa shape index (κ1) is 67.7. The van der Waals surface area contributed by atoms with Crippen molar-refractivity contribution in [3.63, 3.8) is 0 Å². The van der Waals surface area contributed by atoms with Gasteiger partial charge in [-0.2, -0.15) is 0 Å². The van der Waals surface area contributed by atoms with Crippen LogP contribution in [0.1, 0.15) is 38.8 Å². The lowest BCUT2D eigenvalue weighted by atomic mass is 9.94. The Morgan fingerprint density at radius 2 is 1.14 bits per heavy atom. The van der Waals surface area contributed by atoms with Gasteiger partial charge in [-0.25, -0.2) is 4.79 Å². The summed E-state index contributed by atoms with van der Waals surface area (Å²) in [6.07, 6.45) is -23.7. The topological polar surface area (TPSA) is 293 Å². The van der Waals surface area contributed by atoms with Crippen LogP contribution < -0.4 is 10.6 Å². The van der Waals surface area contributed by atoms with Gasteiger partial charge in [-0.1, -0.05) is 136 Å². The van der Waals surface area contributed by atoms with Crippen molar-refractivity contribution in [2.75, 3.05) is 38.9 Å². The van der Waals surface area contributed by atoms with Crippen molar-refractivity contribution in [3.05, 3.63) is 84.4 Å². The Labute approximate surface area is 499 Å². The molecule has 3 saturated heterocycles. The molecule has 3 aliphatic rings. The van der Waals surface area contributed by atoms with Crippen LogP contribution in [0, 0.1) is 0 Å². The number of hydrogen-bond donors (Lipinski definition) is 3. The Kier molecular flexibility index (Phi) is 27.0. The number of amides is 2. The summed E-state index contributed by atoms with van der Waals surface area (Å²) in [6.45, 7) is 5.00. The maximum Gasteiger partial charge on any atom is 0.508 e. The first-order valence-corrected chi connectivity index (χ1v) is 27.3. The second-order valence-corrected chi connectivity index (χ2v) is 23.0. The van der Waals surface area contributed by atoms with Crippen LogP contribution in [-0.4, -0.2) is 185 Å². The van der Waals surface area contributed by atoms with E-state index in [1.54, 1.807) is 60.7 Å². The van der Waals surface area contributed by atoms with Crippen LogP contribution >= 0.6 is 81.2 Å². The predicted molar refractivity (Wildman–Crippen MR) is 285 cm³/mol. The number of nitrogens with one attached hydrogen (secondary N) is 2. The lowest BCUT2D eigenvalue weighted by Crippen LogP contribution is -2.71. The third-order valence-electron chi connectivity index (χ3n) is 11.6. The van der Waals surface area contributed by atoms with E-state index in [0.717, 1.165) is 27.7 Å². The van der Waals surface area contributed by atoms with Crippen molar-refractivity contribution in [2.24, 2.45) is 0 Å². The van der Waals surface area contributed by atoms with Crippen LogP contribution in [0.4, 0.5) is 4.79 Å². The maximum atomic E-state index is 13.7. The highest BCUT2D eigenvalue weighted by Gasteiger charge is 2.59. The third-order valence-corrected chi connectivity index (χ3v) is 12.7. The number of alkyl halides is 7. The average Bonchev–Trinajstić information content (AvgIpc) is 3.40. The molecule has 3 N–H and O–H groups in total. The molecule has 0 aromatic heterocycles. The Morgan fingerprint density at radius 3 is 1.67 bits per heavy atom. The van der Waals surface area contributed by atoms with Gasteiger partial charge in [0.25, 0.3) is 9.70 Å². The van der Waals surface area contributed by atoms with Crippen LogP contribution in [0.5, 0.6) is 0 Å². The molecule has 2 aromatic carbocycles. The number of aliphatic hydroxyl groups excluding tert-OH is 1. The zero-order valence-electron chi connectivity index (χ0n) is 43.5. The SMILES string of the molecule is C=CCO[C@@H]1O[C@H](COCc2ccccc2)[C@@H](O[C@@H]2O[C@H](COC(C)=O)[C@H](OC(C)=O)[C@H](O[C@@H]3O[C@H](COCc4ccccc4)[C@@H](O)[C@H](OC(=O)CCl)[C@H]3NC(=O)C(Cl)(Cl)Cl)[C@H]2OC(C)=O)[C@H](OC(=O)OCC(Cl)(Cl)Cl)[C@H]1NC(C)=O. The average molecular weight is 1290 g/mol. The molecule has 3 aliphatic heterocycles. The molecule has 2 aromatic rings. The first-order chi connectivity index (χ1) is 38.3. The number of halogens is 7. The molecule has 450 valence electrons. The highest BCUT2D eigenvalue weighted by Crippen LogP contribution is 2.38. The molecule has 3 heterocycles. The summed E-state index contributed by atoms with van der Waals surface area (Å²) < 4.78 is 79.4. The molecule has 2 amide bonds. The lowest BCUT2D eigenvalue weighted by Gasteiger charge is -2.51. The van der Waals surface area contributed by atoms with Crippen molar-refractivity contribution < 1.29 is 105 Å². The van der Waals surface area contributed by atoms with Gasteiger partial charge in [0, 0.05) is 27.7 Å². The van der Waals surface area contributed by atoms with Gasteiger partial charge in [0.15, 0.2) is 43.3 Å². The Balaban J connectivity index is 1.71. The molecule has 0 bridgehead atoms. The van der Waals surface area contributed by atoms with Crippen molar-refractivity contribution in [3.8, 4) is 0 Å². The molecule has 0 aliphatic carbocycles. The monoisotopic (exact) mass is 1280 g/mol. The molecular formula is C50H59Cl7N2O22. The fraction of sp³-hybridized carbons (Fsp3) is 0.580. The van der Waals surface area contributed by atoms with E-state index in [9.17, 15) is 38.7 Å². The predicted octanol–water partition coefficient (Wildman–Crippen LogP) is 4.76. The minimum Gasteiger partial charge on any atom is -0.463 e. The lowest BCUT2D eigenvalue weighted by molar-refractivity contribution is -0.370. The summed E-state index contributed by atoms with van der Waals surface area (Å²) >= 11 is 41.6. The van der Waals surface area contributed by atoms with Crippen LogP contribution in [0.25, 0.3) is 0 Å². The van der Waals surface area contributed by atoms with Crippen molar-refractivity contribution in [1.29, 1.82) is 0 Å². The molecule has 0 unspecified atom stereocenters. The van der Waals surface area contributed by atoms with E-state index in [-0.39, 0.29) is 19.8 Å². The number of esters is 4. The zero-order valence-corrected chi connectivity index (χ0v) is 48.8. The Morgan fingerprint density at radius 1 is 0.605 bits per heavy atom. The number of rotatable bonds is 25. The van der Waals surface area contributed by atoms with Crippen LogP contribution in [-0.2, 0) is 108 Å². The van der Waals surface area contributed by atoms with Gasteiger partial charge in [-0.05, 0) is 11.1 Å². The normalized spacial score (nSPS) is 28.5.